The molecule has 0 saturated carbocycles. The van der Waals surface area contributed by atoms with E-state index in [4.69, 9.17) is 16.0 Å². The van der Waals surface area contributed by atoms with Gasteiger partial charge in [0.15, 0.2) is 0 Å². The minimum absolute atomic E-state index is 0.00556. The molecule has 0 N–H and O–H groups in total. The van der Waals surface area contributed by atoms with Gasteiger partial charge in [0.05, 0.1) is 5.75 Å². The van der Waals surface area contributed by atoms with Gasteiger partial charge in [-0.1, -0.05) is 29.4 Å². The number of amides is 1. The summed E-state index contributed by atoms with van der Waals surface area (Å²) in [6.45, 7) is -0.189. The molecule has 0 aliphatic carbocycles. The number of piperazine rings is 1. The quantitative estimate of drug-likeness (QED) is 0.463. The van der Waals surface area contributed by atoms with E-state index in [2.05, 4.69) is 19.8 Å². The van der Waals surface area contributed by atoms with Crippen molar-refractivity contribution in [3.05, 3.63) is 53.6 Å². The average Bonchev–Trinajstić information content (AvgIpc) is 3.27. The van der Waals surface area contributed by atoms with E-state index in [9.17, 15) is 13.6 Å². The van der Waals surface area contributed by atoms with E-state index < -0.39 is 6.61 Å². The van der Waals surface area contributed by atoms with Crippen LogP contribution in [0.5, 0.6) is 5.75 Å². The van der Waals surface area contributed by atoms with Crippen LogP contribution >= 0.6 is 23.4 Å². The van der Waals surface area contributed by atoms with Gasteiger partial charge in [-0.25, -0.2) is 0 Å². The first kappa shape index (κ1) is 22.3. The first-order valence-electron chi connectivity index (χ1n) is 9.78. The Morgan fingerprint density at radius 2 is 1.88 bits per heavy atom. The lowest BCUT2D eigenvalue weighted by molar-refractivity contribution is -0.128. The van der Waals surface area contributed by atoms with Crippen molar-refractivity contribution >= 4 is 35.0 Å². The predicted molar refractivity (Wildman–Crippen MR) is 117 cm³/mol. The molecule has 168 valence electrons. The van der Waals surface area contributed by atoms with Crippen LogP contribution in [-0.2, 0) is 4.79 Å². The Morgan fingerprint density at radius 3 is 2.56 bits per heavy atom. The third-order valence-electron chi connectivity index (χ3n) is 4.86. The fourth-order valence-electron chi connectivity index (χ4n) is 3.27. The standard InChI is InChI=1S/C21H19ClF2N4O3S/c22-15-2-1-3-16(12-15)27-8-10-28(11-9-27)18(29)13-32-21-26-25-19(31-21)14-4-6-17(7-5-14)30-20(23)24/h1-7,12,20H,8-11,13H2. The average molecular weight is 481 g/mol. The number of anilines is 1. The van der Waals surface area contributed by atoms with Crippen molar-refractivity contribution in [2.45, 2.75) is 11.8 Å². The van der Waals surface area contributed by atoms with Crippen molar-refractivity contribution in [2.24, 2.45) is 0 Å². The fraction of sp³-hybridized carbons (Fsp3) is 0.286. The zero-order valence-corrected chi connectivity index (χ0v) is 18.4. The molecule has 4 rings (SSSR count). The van der Waals surface area contributed by atoms with Crippen LogP contribution in [-0.4, -0.2) is 59.5 Å². The van der Waals surface area contributed by atoms with Crippen LogP contribution in [0.15, 0.2) is 58.2 Å². The van der Waals surface area contributed by atoms with Gasteiger partial charge in [-0.3, -0.25) is 4.79 Å². The maximum Gasteiger partial charge on any atom is 0.387 e. The number of alkyl halides is 2. The van der Waals surface area contributed by atoms with Crippen LogP contribution in [0.25, 0.3) is 11.5 Å². The lowest BCUT2D eigenvalue weighted by atomic mass is 10.2. The molecule has 11 heteroatoms. The van der Waals surface area contributed by atoms with Gasteiger partial charge >= 0.3 is 6.61 Å². The number of halogens is 3. The van der Waals surface area contributed by atoms with Crippen molar-refractivity contribution in [1.29, 1.82) is 0 Å². The molecule has 1 aromatic heterocycles. The van der Waals surface area contributed by atoms with E-state index >= 15 is 0 Å². The highest BCUT2D eigenvalue weighted by Gasteiger charge is 2.22. The monoisotopic (exact) mass is 480 g/mol. The third kappa shape index (κ3) is 5.68. The van der Waals surface area contributed by atoms with Gasteiger partial charge in [0.25, 0.3) is 5.22 Å². The first-order chi connectivity index (χ1) is 15.5. The molecular weight excluding hydrogens is 462 g/mol. The number of aromatic nitrogens is 2. The number of hydrogen-bond donors (Lipinski definition) is 0. The molecule has 0 radical (unpaired) electrons. The van der Waals surface area contributed by atoms with E-state index in [1.165, 1.54) is 12.1 Å². The van der Waals surface area contributed by atoms with Crippen molar-refractivity contribution in [1.82, 2.24) is 15.1 Å². The Kier molecular flexibility index (Phi) is 7.11. The number of thioether (sulfide) groups is 1. The van der Waals surface area contributed by atoms with E-state index in [0.717, 1.165) is 30.5 Å². The second-order valence-corrected chi connectivity index (χ2v) is 8.28. The Hall–Kier alpha value is -2.85. The van der Waals surface area contributed by atoms with Crippen LogP contribution in [0.3, 0.4) is 0 Å². The molecule has 0 atom stereocenters. The Labute approximate surface area is 192 Å². The number of ether oxygens (including phenoxy) is 1. The van der Waals surface area contributed by atoms with Gasteiger partial charge in [0, 0.05) is 42.5 Å². The highest BCUT2D eigenvalue weighted by atomic mass is 35.5. The number of nitrogens with zero attached hydrogens (tertiary/aromatic N) is 4. The molecule has 0 bridgehead atoms. The highest BCUT2D eigenvalue weighted by molar-refractivity contribution is 7.99. The number of benzene rings is 2. The molecule has 2 heterocycles. The lowest BCUT2D eigenvalue weighted by Gasteiger charge is -2.36. The molecule has 1 fully saturated rings. The number of carbonyl (C=O) groups excluding carboxylic acids is 1. The maximum atomic E-state index is 12.6. The van der Waals surface area contributed by atoms with Crippen LogP contribution in [0.4, 0.5) is 14.5 Å². The zero-order chi connectivity index (χ0) is 22.5. The van der Waals surface area contributed by atoms with E-state index in [0.29, 0.717) is 23.7 Å². The molecule has 3 aromatic rings. The molecule has 1 aliphatic rings. The topological polar surface area (TPSA) is 71.7 Å². The van der Waals surface area contributed by atoms with Crippen molar-refractivity contribution in [2.75, 3.05) is 36.8 Å². The van der Waals surface area contributed by atoms with Gasteiger partial charge in [0.2, 0.25) is 11.8 Å². The molecule has 1 saturated heterocycles. The zero-order valence-electron chi connectivity index (χ0n) is 16.8. The summed E-state index contributed by atoms with van der Waals surface area (Å²) in [4.78, 5) is 16.6. The van der Waals surface area contributed by atoms with Crippen LogP contribution in [0.1, 0.15) is 0 Å². The maximum absolute atomic E-state index is 12.6. The Morgan fingerprint density at radius 1 is 1.12 bits per heavy atom. The lowest BCUT2D eigenvalue weighted by Crippen LogP contribution is -2.49. The molecular formula is C21H19ClF2N4O3S. The van der Waals surface area contributed by atoms with Gasteiger partial charge < -0.3 is 19.0 Å². The van der Waals surface area contributed by atoms with Crippen molar-refractivity contribution in [3.8, 4) is 17.2 Å². The molecule has 1 amide bonds. The second kappa shape index (κ2) is 10.2. The summed E-state index contributed by atoms with van der Waals surface area (Å²) in [5.41, 5.74) is 1.61. The smallest absolute Gasteiger partial charge is 0.387 e. The normalized spacial score (nSPS) is 14.1. The number of hydrogen-bond acceptors (Lipinski definition) is 7. The molecule has 0 unspecified atom stereocenters. The summed E-state index contributed by atoms with van der Waals surface area (Å²) in [6, 6.07) is 13.6. The fourth-order valence-corrected chi connectivity index (χ4v) is 4.12. The van der Waals surface area contributed by atoms with Gasteiger partial charge in [-0.05, 0) is 42.5 Å². The van der Waals surface area contributed by atoms with E-state index in [1.54, 1.807) is 12.1 Å². The summed E-state index contributed by atoms with van der Waals surface area (Å²) in [7, 11) is 0. The SMILES string of the molecule is O=C(CSc1nnc(-c2ccc(OC(F)F)cc2)o1)N1CCN(c2cccc(Cl)c2)CC1. The van der Waals surface area contributed by atoms with E-state index in [1.807, 2.05) is 29.2 Å². The summed E-state index contributed by atoms with van der Waals surface area (Å²) in [5.74, 6) is 0.451. The number of rotatable bonds is 7. The number of carbonyl (C=O) groups is 1. The molecule has 0 spiro atoms. The van der Waals surface area contributed by atoms with E-state index in [-0.39, 0.29) is 28.5 Å². The Bertz CT molecular complexity index is 1060. The van der Waals surface area contributed by atoms with Gasteiger partial charge in [-0.15, -0.1) is 10.2 Å². The third-order valence-corrected chi connectivity index (χ3v) is 5.90. The molecule has 32 heavy (non-hydrogen) atoms. The summed E-state index contributed by atoms with van der Waals surface area (Å²) < 4.78 is 34.4. The first-order valence-corrected chi connectivity index (χ1v) is 11.1. The predicted octanol–water partition coefficient (Wildman–Crippen LogP) is 4.43. The van der Waals surface area contributed by atoms with Crippen molar-refractivity contribution in [3.63, 3.8) is 0 Å². The Balaban J connectivity index is 1.26. The minimum Gasteiger partial charge on any atom is -0.435 e. The summed E-state index contributed by atoms with van der Waals surface area (Å²) in [6.07, 6.45) is 0. The van der Waals surface area contributed by atoms with Crippen molar-refractivity contribution < 1.29 is 22.7 Å². The molecule has 7 nitrogen and oxygen atoms in total. The summed E-state index contributed by atoms with van der Waals surface area (Å²) in [5, 5.41) is 8.84. The summed E-state index contributed by atoms with van der Waals surface area (Å²) >= 11 is 7.22. The molecule has 1 aliphatic heterocycles. The minimum atomic E-state index is -2.88. The van der Waals surface area contributed by atoms with Crippen LogP contribution in [0, 0.1) is 0 Å². The van der Waals surface area contributed by atoms with Crippen LogP contribution < -0.4 is 9.64 Å². The molecule has 2 aromatic carbocycles. The van der Waals surface area contributed by atoms with Gasteiger partial charge in [-0.2, -0.15) is 8.78 Å². The highest BCUT2D eigenvalue weighted by Crippen LogP contribution is 2.26. The van der Waals surface area contributed by atoms with Crippen LogP contribution in [0.2, 0.25) is 5.02 Å². The second-order valence-electron chi connectivity index (χ2n) is 6.91. The van der Waals surface area contributed by atoms with Gasteiger partial charge in [0.1, 0.15) is 5.75 Å². The largest absolute Gasteiger partial charge is 0.435 e.